The van der Waals surface area contributed by atoms with E-state index < -0.39 is 10.0 Å². The van der Waals surface area contributed by atoms with Crippen molar-refractivity contribution < 1.29 is 8.42 Å². The summed E-state index contributed by atoms with van der Waals surface area (Å²) >= 11 is 3.25. The van der Waals surface area contributed by atoms with Crippen LogP contribution in [0.3, 0.4) is 0 Å². The Hall–Kier alpha value is -0.590. The molecule has 18 heavy (non-hydrogen) atoms. The fourth-order valence-corrected chi connectivity index (χ4v) is 3.83. The Morgan fingerprint density at radius 3 is 2.50 bits per heavy atom. The van der Waals surface area contributed by atoms with E-state index in [0.717, 1.165) is 6.42 Å². The lowest BCUT2D eigenvalue weighted by molar-refractivity contribution is 0.437. The van der Waals surface area contributed by atoms with E-state index in [9.17, 15) is 8.42 Å². The Morgan fingerprint density at radius 1 is 1.39 bits per heavy atom. The largest absolute Gasteiger partial charge is 0.398 e. The molecule has 0 heterocycles. The third-order valence-corrected chi connectivity index (χ3v) is 4.86. The molecular weight excluding hydrogens is 316 g/mol. The maximum absolute atomic E-state index is 12.3. The molecule has 0 aliphatic carbocycles. The number of hydrogen-bond acceptors (Lipinski definition) is 3. The van der Waals surface area contributed by atoms with E-state index in [1.54, 1.807) is 12.1 Å². The fraction of sp³-hybridized carbons (Fsp3) is 0.500. The summed E-state index contributed by atoms with van der Waals surface area (Å²) in [4.78, 5) is 0.121. The minimum atomic E-state index is -3.57. The van der Waals surface area contributed by atoms with Crippen molar-refractivity contribution in [3.63, 3.8) is 0 Å². The summed E-state index contributed by atoms with van der Waals surface area (Å²) in [7, 11) is -3.57. The van der Waals surface area contributed by atoms with Gasteiger partial charge in [-0.15, -0.1) is 0 Å². The van der Waals surface area contributed by atoms with E-state index >= 15 is 0 Å². The van der Waals surface area contributed by atoms with Gasteiger partial charge in [0.2, 0.25) is 10.0 Å². The Labute approximate surface area is 117 Å². The van der Waals surface area contributed by atoms with Gasteiger partial charge in [-0.3, -0.25) is 0 Å². The van der Waals surface area contributed by atoms with Crippen molar-refractivity contribution in [2.75, 3.05) is 5.73 Å². The van der Waals surface area contributed by atoms with Crippen LogP contribution in [0.4, 0.5) is 5.69 Å². The SMILES string of the molecule is CCC(NS(=O)(=O)c1cc(Br)ccc1N)C(C)C. The minimum Gasteiger partial charge on any atom is -0.398 e. The van der Waals surface area contributed by atoms with Gasteiger partial charge in [0.1, 0.15) is 4.90 Å². The molecule has 0 spiro atoms. The number of anilines is 1. The van der Waals surface area contributed by atoms with Crippen LogP contribution in [0.25, 0.3) is 0 Å². The smallest absolute Gasteiger partial charge is 0.242 e. The molecule has 0 radical (unpaired) electrons. The molecule has 1 atom stereocenters. The van der Waals surface area contributed by atoms with Gasteiger partial charge < -0.3 is 5.73 Å². The molecule has 0 aliphatic heterocycles. The van der Waals surface area contributed by atoms with Crippen molar-refractivity contribution in [3.8, 4) is 0 Å². The summed E-state index contributed by atoms with van der Waals surface area (Å²) in [6, 6.07) is 4.72. The van der Waals surface area contributed by atoms with Crippen molar-refractivity contribution in [2.45, 2.75) is 38.1 Å². The highest BCUT2D eigenvalue weighted by Gasteiger charge is 2.23. The van der Waals surface area contributed by atoms with Gasteiger partial charge in [-0.2, -0.15) is 0 Å². The summed E-state index contributed by atoms with van der Waals surface area (Å²) in [5.74, 6) is 0.234. The van der Waals surface area contributed by atoms with Crippen molar-refractivity contribution in [3.05, 3.63) is 22.7 Å². The Balaban J connectivity index is 3.10. The first-order chi connectivity index (χ1) is 8.27. The van der Waals surface area contributed by atoms with Gasteiger partial charge in [0.15, 0.2) is 0 Å². The molecular formula is C12H19BrN2O2S. The number of rotatable bonds is 5. The first kappa shape index (κ1) is 15.5. The third-order valence-electron chi connectivity index (χ3n) is 2.82. The quantitative estimate of drug-likeness (QED) is 0.813. The number of halogens is 1. The highest BCUT2D eigenvalue weighted by atomic mass is 79.9. The van der Waals surface area contributed by atoms with Crippen LogP contribution in [-0.4, -0.2) is 14.5 Å². The molecule has 0 saturated heterocycles. The standard InChI is InChI=1S/C12H19BrN2O2S/c1-4-11(8(2)3)15-18(16,17)12-7-9(13)5-6-10(12)14/h5-8,11,15H,4,14H2,1-3H3. The molecule has 6 heteroatoms. The van der Waals surface area contributed by atoms with Crippen LogP contribution in [-0.2, 0) is 10.0 Å². The van der Waals surface area contributed by atoms with Crippen LogP contribution < -0.4 is 10.5 Å². The van der Waals surface area contributed by atoms with Crippen LogP contribution in [0, 0.1) is 5.92 Å². The van der Waals surface area contributed by atoms with Crippen molar-refractivity contribution in [1.82, 2.24) is 4.72 Å². The average Bonchev–Trinajstić information content (AvgIpc) is 2.28. The molecule has 1 aromatic rings. The molecule has 0 fully saturated rings. The predicted molar refractivity (Wildman–Crippen MR) is 77.8 cm³/mol. The molecule has 0 bridgehead atoms. The lowest BCUT2D eigenvalue weighted by Gasteiger charge is -2.21. The zero-order valence-corrected chi connectivity index (χ0v) is 13.2. The molecule has 0 aromatic heterocycles. The van der Waals surface area contributed by atoms with E-state index in [0.29, 0.717) is 4.47 Å². The second-order valence-corrected chi connectivity index (χ2v) is 7.16. The van der Waals surface area contributed by atoms with Crippen LogP contribution in [0.5, 0.6) is 0 Å². The maximum atomic E-state index is 12.3. The van der Waals surface area contributed by atoms with E-state index in [2.05, 4.69) is 20.7 Å². The maximum Gasteiger partial charge on any atom is 0.242 e. The van der Waals surface area contributed by atoms with E-state index in [1.165, 1.54) is 6.07 Å². The van der Waals surface area contributed by atoms with Crippen molar-refractivity contribution in [1.29, 1.82) is 0 Å². The third kappa shape index (κ3) is 3.70. The molecule has 4 nitrogen and oxygen atoms in total. The molecule has 1 unspecified atom stereocenters. The predicted octanol–water partition coefficient (Wildman–Crippen LogP) is 2.74. The topological polar surface area (TPSA) is 72.2 Å². The normalized spacial score (nSPS) is 13.8. The summed E-state index contributed by atoms with van der Waals surface area (Å²) in [5, 5.41) is 0. The first-order valence-electron chi connectivity index (χ1n) is 5.85. The summed E-state index contributed by atoms with van der Waals surface area (Å²) in [6.07, 6.45) is 0.741. The fourth-order valence-electron chi connectivity index (χ4n) is 1.69. The van der Waals surface area contributed by atoms with Gasteiger partial charge in [0.25, 0.3) is 0 Å². The van der Waals surface area contributed by atoms with Crippen molar-refractivity contribution in [2.24, 2.45) is 5.92 Å². The monoisotopic (exact) mass is 334 g/mol. The summed E-state index contributed by atoms with van der Waals surface area (Å²) < 4.78 is 27.9. The van der Waals surface area contributed by atoms with Crippen LogP contribution in [0.15, 0.2) is 27.6 Å². The zero-order chi connectivity index (χ0) is 13.9. The first-order valence-corrected chi connectivity index (χ1v) is 8.13. The van der Waals surface area contributed by atoms with Crippen LogP contribution in [0.1, 0.15) is 27.2 Å². The molecule has 0 aliphatic rings. The number of benzene rings is 1. The van der Waals surface area contributed by atoms with Gasteiger partial charge in [0.05, 0.1) is 5.69 Å². The van der Waals surface area contributed by atoms with Gasteiger partial charge >= 0.3 is 0 Å². The molecule has 102 valence electrons. The molecule has 1 rings (SSSR count). The van der Waals surface area contributed by atoms with E-state index in [1.807, 2.05) is 20.8 Å². The highest BCUT2D eigenvalue weighted by molar-refractivity contribution is 9.10. The second-order valence-electron chi connectivity index (χ2n) is 4.56. The molecule has 1 aromatic carbocycles. The minimum absolute atomic E-state index is 0.0895. The summed E-state index contributed by atoms with van der Waals surface area (Å²) in [5.41, 5.74) is 5.98. The molecule has 0 amide bonds. The Bertz CT molecular complexity index is 515. The Morgan fingerprint density at radius 2 is 2.00 bits per heavy atom. The zero-order valence-electron chi connectivity index (χ0n) is 10.8. The highest BCUT2D eigenvalue weighted by Crippen LogP contribution is 2.23. The van der Waals surface area contributed by atoms with Crippen molar-refractivity contribution >= 4 is 31.6 Å². The average molecular weight is 335 g/mol. The number of nitrogens with one attached hydrogen (secondary N) is 1. The Kier molecular flexibility index (Phi) is 5.19. The van der Waals surface area contributed by atoms with Crippen LogP contribution in [0.2, 0.25) is 0 Å². The lowest BCUT2D eigenvalue weighted by Crippen LogP contribution is -2.38. The van der Waals surface area contributed by atoms with Gasteiger partial charge in [-0.1, -0.05) is 36.7 Å². The molecule has 0 saturated carbocycles. The number of nitrogen functional groups attached to an aromatic ring is 1. The molecule has 3 N–H and O–H groups in total. The van der Waals surface area contributed by atoms with Gasteiger partial charge in [-0.05, 0) is 30.5 Å². The lowest BCUT2D eigenvalue weighted by atomic mass is 10.0. The number of hydrogen-bond donors (Lipinski definition) is 2. The number of nitrogens with two attached hydrogens (primary N) is 1. The van der Waals surface area contributed by atoms with E-state index in [-0.39, 0.29) is 22.5 Å². The van der Waals surface area contributed by atoms with Gasteiger partial charge in [-0.25, -0.2) is 13.1 Å². The second kappa shape index (κ2) is 6.04. The summed E-state index contributed by atoms with van der Waals surface area (Å²) in [6.45, 7) is 5.93. The van der Waals surface area contributed by atoms with E-state index in [4.69, 9.17) is 5.73 Å². The van der Waals surface area contributed by atoms with Crippen LogP contribution >= 0.6 is 15.9 Å². The number of sulfonamides is 1. The van der Waals surface area contributed by atoms with Gasteiger partial charge in [0, 0.05) is 10.5 Å².